The summed E-state index contributed by atoms with van der Waals surface area (Å²) in [5.41, 5.74) is 11.4. The summed E-state index contributed by atoms with van der Waals surface area (Å²) in [5.74, 6) is 0.645. The smallest absolute Gasteiger partial charge is 0.232 e. The number of amidine groups is 1. The van der Waals surface area contributed by atoms with E-state index in [1.54, 1.807) is 13.8 Å². The molecule has 6 nitrogen and oxygen atoms in total. The molecule has 1 amide bonds. The molecule has 0 unspecified atom stereocenters. The van der Waals surface area contributed by atoms with E-state index in [4.69, 9.17) is 10.5 Å². The fraction of sp³-hybridized carbons (Fsp3) is 0.471. The quantitative estimate of drug-likeness (QED) is 0.101. The van der Waals surface area contributed by atoms with Gasteiger partial charge in [0.1, 0.15) is 5.84 Å². The van der Waals surface area contributed by atoms with Gasteiger partial charge >= 0.3 is 0 Å². The fourth-order valence-corrected chi connectivity index (χ4v) is 5.93. The number of aliphatic hydroxyl groups is 1. The Morgan fingerprint density at radius 3 is 2.51 bits per heavy atom. The number of nitrogens with two attached hydrogens (primary N) is 1. The zero-order chi connectivity index (χ0) is 30.0. The highest BCUT2D eigenvalue weighted by atomic mass is 32.2. The maximum atomic E-state index is 13.9. The van der Waals surface area contributed by atoms with Gasteiger partial charge in [-0.05, 0) is 74.8 Å². The molecule has 0 radical (unpaired) electrons. The minimum atomic E-state index is -0.316. The van der Waals surface area contributed by atoms with Crippen LogP contribution in [0.4, 0.5) is 0 Å². The number of allylic oxidation sites excluding steroid dienone is 2. The van der Waals surface area contributed by atoms with Crippen molar-refractivity contribution in [3.63, 3.8) is 0 Å². The predicted molar refractivity (Wildman–Crippen MR) is 171 cm³/mol. The Kier molecular flexibility index (Phi) is 12.1. The van der Waals surface area contributed by atoms with Crippen LogP contribution >= 0.6 is 11.9 Å². The first-order chi connectivity index (χ1) is 19.6. The first-order valence-electron chi connectivity index (χ1n) is 14.8. The van der Waals surface area contributed by atoms with E-state index in [1.807, 2.05) is 30.0 Å². The van der Waals surface area contributed by atoms with Gasteiger partial charge in [0.15, 0.2) is 0 Å². The van der Waals surface area contributed by atoms with Gasteiger partial charge in [-0.1, -0.05) is 76.1 Å². The first kappa shape index (κ1) is 32.5. The first-order valence-corrected chi connectivity index (χ1v) is 15.5. The van der Waals surface area contributed by atoms with Crippen LogP contribution in [0.5, 0.6) is 0 Å². The number of amides is 1. The number of hydrogen-bond donors (Lipinski definition) is 2. The standard InChI is InChI=1S/C34H47N3O3S/c1-7-9-14-24(3)37(33(39)34(6)19-12-13-20-34)22-27-17-18-29(28(21-27)23-40-8-2)30-15-10-11-16-31(30)41-36-32(35)25(4)26(5)38/h10-11,15-18,21,38H,3,7-9,12-14,19-20,22-23H2,1-2,4-6H3,(H2,35,36)/b26-25-. The summed E-state index contributed by atoms with van der Waals surface area (Å²) < 4.78 is 10.4. The maximum absolute atomic E-state index is 13.9. The van der Waals surface area contributed by atoms with Crippen LogP contribution in [-0.2, 0) is 22.7 Å². The highest BCUT2D eigenvalue weighted by molar-refractivity contribution is 7.98. The molecule has 2 aromatic carbocycles. The monoisotopic (exact) mass is 577 g/mol. The molecule has 0 atom stereocenters. The molecule has 2 aromatic rings. The minimum Gasteiger partial charge on any atom is -0.512 e. The van der Waals surface area contributed by atoms with Gasteiger partial charge in [0, 0.05) is 40.1 Å². The number of carbonyl (C=O) groups excluding carboxylic acids is 1. The second kappa shape index (κ2) is 15.3. The number of carbonyl (C=O) groups is 1. The van der Waals surface area contributed by atoms with Crippen molar-refractivity contribution < 1.29 is 14.6 Å². The summed E-state index contributed by atoms with van der Waals surface area (Å²) in [6, 6.07) is 14.5. The molecule has 0 aromatic heterocycles. The second-order valence-electron chi connectivity index (χ2n) is 11.2. The third kappa shape index (κ3) is 8.49. The molecule has 3 rings (SSSR count). The van der Waals surface area contributed by atoms with Crippen molar-refractivity contribution in [1.82, 2.24) is 4.90 Å². The Labute approximate surface area is 250 Å². The normalized spacial score (nSPS) is 15.5. The Bertz CT molecular complexity index is 1270. The summed E-state index contributed by atoms with van der Waals surface area (Å²) in [6.07, 6.45) is 6.98. The molecular weight excluding hydrogens is 530 g/mol. The highest BCUT2D eigenvalue weighted by Gasteiger charge is 2.39. The van der Waals surface area contributed by atoms with Gasteiger partial charge in [0.25, 0.3) is 0 Å². The lowest BCUT2D eigenvalue weighted by Crippen LogP contribution is -2.40. The lowest BCUT2D eigenvalue weighted by molar-refractivity contribution is -0.139. The Hall–Kier alpha value is -3.03. The van der Waals surface area contributed by atoms with E-state index in [1.165, 1.54) is 11.9 Å². The van der Waals surface area contributed by atoms with Crippen molar-refractivity contribution >= 4 is 23.7 Å². The number of aliphatic hydroxyl groups excluding tert-OH is 1. The number of benzene rings is 2. The Morgan fingerprint density at radius 1 is 1.15 bits per heavy atom. The van der Waals surface area contributed by atoms with Crippen molar-refractivity contribution in [1.29, 1.82) is 0 Å². The number of rotatable bonds is 14. The molecule has 0 saturated heterocycles. The van der Waals surface area contributed by atoms with E-state index < -0.39 is 0 Å². The highest BCUT2D eigenvalue weighted by Crippen LogP contribution is 2.41. The van der Waals surface area contributed by atoms with Crippen molar-refractivity contribution in [2.75, 3.05) is 6.61 Å². The van der Waals surface area contributed by atoms with Gasteiger partial charge in [-0.3, -0.25) is 4.79 Å². The Balaban J connectivity index is 1.98. The van der Waals surface area contributed by atoms with Gasteiger partial charge in [-0.2, -0.15) is 4.40 Å². The van der Waals surface area contributed by atoms with Crippen LogP contribution in [-0.4, -0.2) is 28.4 Å². The van der Waals surface area contributed by atoms with Crippen LogP contribution in [0, 0.1) is 5.41 Å². The average molecular weight is 578 g/mol. The van der Waals surface area contributed by atoms with E-state index in [2.05, 4.69) is 49.1 Å². The predicted octanol–water partition coefficient (Wildman–Crippen LogP) is 8.72. The molecule has 41 heavy (non-hydrogen) atoms. The van der Waals surface area contributed by atoms with Crippen molar-refractivity contribution in [3.05, 3.63) is 77.2 Å². The van der Waals surface area contributed by atoms with Gasteiger partial charge in [-0.25, -0.2) is 0 Å². The zero-order valence-electron chi connectivity index (χ0n) is 25.5. The van der Waals surface area contributed by atoms with Gasteiger partial charge in [0.05, 0.1) is 18.9 Å². The fourth-order valence-electron chi connectivity index (χ4n) is 5.18. The molecule has 1 fully saturated rings. The summed E-state index contributed by atoms with van der Waals surface area (Å²) in [5, 5.41) is 9.78. The van der Waals surface area contributed by atoms with Crippen LogP contribution in [0.25, 0.3) is 11.1 Å². The molecule has 3 N–H and O–H groups in total. The summed E-state index contributed by atoms with van der Waals surface area (Å²) in [7, 11) is 0. The van der Waals surface area contributed by atoms with Crippen LogP contribution in [0.1, 0.15) is 90.7 Å². The molecule has 0 aliphatic heterocycles. The van der Waals surface area contributed by atoms with Gasteiger partial charge in [0.2, 0.25) is 5.91 Å². The molecule has 0 bridgehead atoms. The van der Waals surface area contributed by atoms with Crippen LogP contribution < -0.4 is 5.73 Å². The van der Waals surface area contributed by atoms with Gasteiger partial charge < -0.3 is 20.5 Å². The van der Waals surface area contributed by atoms with Crippen LogP contribution in [0.15, 0.2) is 75.4 Å². The average Bonchev–Trinajstić information content (AvgIpc) is 3.43. The minimum absolute atomic E-state index is 0.154. The summed E-state index contributed by atoms with van der Waals surface area (Å²) >= 11 is 1.28. The number of ether oxygens (including phenoxy) is 1. The lowest BCUT2D eigenvalue weighted by atomic mass is 9.86. The molecule has 0 heterocycles. The summed E-state index contributed by atoms with van der Waals surface area (Å²) in [4.78, 5) is 16.8. The maximum Gasteiger partial charge on any atom is 0.232 e. The Morgan fingerprint density at radius 2 is 1.85 bits per heavy atom. The van der Waals surface area contributed by atoms with Crippen molar-refractivity contribution in [2.45, 2.75) is 97.6 Å². The summed E-state index contributed by atoms with van der Waals surface area (Å²) in [6.45, 7) is 15.5. The van der Waals surface area contributed by atoms with E-state index in [0.717, 1.165) is 77.8 Å². The number of hydrogen-bond acceptors (Lipinski definition) is 5. The second-order valence-corrected chi connectivity index (χ2v) is 12.0. The molecule has 7 heteroatoms. The third-order valence-electron chi connectivity index (χ3n) is 7.99. The third-order valence-corrected chi connectivity index (χ3v) is 8.83. The van der Waals surface area contributed by atoms with Crippen molar-refractivity contribution in [3.8, 4) is 11.1 Å². The van der Waals surface area contributed by atoms with Gasteiger partial charge in [-0.15, -0.1) is 0 Å². The topological polar surface area (TPSA) is 88.2 Å². The van der Waals surface area contributed by atoms with E-state index in [0.29, 0.717) is 31.2 Å². The van der Waals surface area contributed by atoms with Crippen LogP contribution in [0.3, 0.4) is 0 Å². The molecule has 222 valence electrons. The largest absolute Gasteiger partial charge is 0.512 e. The van der Waals surface area contributed by atoms with Crippen LogP contribution in [0.2, 0.25) is 0 Å². The lowest BCUT2D eigenvalue weighted by Gasteiger charge is -2.33. The number of nitrogens with zero attached hydrogens (tertiary/aromatic N) is 2. The molecule has 1 saturated carbocycles. The molecular formula is C34H47N3O3S. The van der Waals surface area contributed by atoms with Crippen molar-refractivity contribution in [2.24, 2.45) is 15.5 Å². The molecule has 0 spiro atoms. The van der Waals surface area contributed by atoms with E-state index in [-0.39, 0.29) is 17.1 Å². The molecule has 1 aliphatic carbocycles. The van der Waals surface area contributed by atoms with E-state index in [9.17, 15) is 9.90 Å². The molecule has 1 aliphatic rings. The zero-order valence-corrected chi connectivity index (χ0v) is 26.3. The number of unbranched alkanes of at least 4 members (excludes halogenated alkanes) is 1. The SMILES string of the molecule is C=C(CCCC)N(Cc1ccc(-c2ccccc2S/N=C(N)\C(C)=C(\C)O)c(COCC)c1)C(=O)C1(C)CCCC1. The van der Waals surface area contributed by atoms with E-state index >= 15 is 0 Å².